The van der Waals surface area contributed by atoms with Crippen LogP contribution in [0.5, 0.6) is 0 Å². The molecule has 0 heterocycles. The van der Waals surface area contributed by atoms with Crippen molar-refractivity contribution in [2.24, 2.45) is 0 Å². The third kappa shape index (κ3) is 4.23. The first kappa shape index (κ1) is 15.4. The van der Waals surface area contributed by atoms with Crippen molar-refractivity contribution in [3.8, 4) is 0 Å². The topological polar surface area (TPSA) is 29.1 Å². The minimum atomic E-state index is -4.46. The Bertz CT molecular complexity index is 641. The molecule has 2 aromatic carbocycles. The normalized spacial score (nSPS) is 11.2. The highest BCUT2D eigenvalue weighted by atomic mass is 35.5. The molecule has 0 spiro atoms. The van der Waals surface area contributed by atoms with Crippen molar-refractivity contribution >= 4 is 23.2 Å². The summed E-state index contributed by atoms with van der Waals surface area (Å²) in [6.45, 7) is 0. The van der Waals surface area contributed by atoms with E-state index in [0.29, 0.717) is 0 Å². The van der Waals surface area contributed by atoms with Gasteiger partial charge in [0.1, 0.15) is 0 Å². The van der Waals surface area contributed by atoms with Crippen LogP contribution in [0, 0.1) is 0 Å². The summed E-state index contributed by atoms with van der Waals surface area (Å²) in [6.07, 6.45) is -4.34. The van der Waals surface area contributed by atoms with Gasteiger partial charge in [-0.15, -0.1) is 0 Å². The van der Waals surface area contributed by atoms with E-state index in [1.54, 1.807) is 24.3 Å². The molecule has 0 unspecified atom stereocenters. The second-order valence-corrected chi connectivity index (χ2v) is 4.81. The third-order valence-corrected chi connectivity index (χ3v) is 3.09. The maximum Gasteiger partial charge on any atom is 0.416 e. The first-order valence-corrected chi connectivity index (χ1v) is 6.44. The molecule has 6 heteroatoms. The van der Waals surface area contributed by atoms with Crippen LogP contribution >= 0.6 is 11.6 Å². The molecule has 21 heavy (non-hydrogen) atoms. The van der Waals surface area contributed by atoms with Gasteiger partial charge in [0.05, 0.1) is 22.7 Å². The zero-order valence-electron chi connectivity index (χ0n) is 10.7. The Labute approximate surface area is 124 Å². The van der Waals surface area contributed by atoms with E-state index >= 15 is 0 Å². The highest BCUT2D eigenvalue weighted by molar-refractivity contribution is 6.33. The second kappa shape index (κ2) is 6.18. The molecular weight excluding hydrogens is 303 g/mol. The van der Waals surface area contributed by atoms with Crippen LogP contribution < -0.4 is 5.32 Å². The number of anilines is 1. The number of rotatable bonds is 3. The Morgan fingerprint density at radius 2 is 1.76 bits per heavy atom. The van der Waals surface area contributed by atoms with E-state index in [9.17, 15) is 18.0 Å². The maximum atomic E-state index is 12.5. The van der Waals surface area contributed by atoms with Gasteiger partial charge in [-0.1, -0.05) is 41.9 Å². The number of hydrogen-bond donors (Lipinski definition) is 1. The van der Waals surface area contributed by atoms with Gasteiger partial charge < -0.3 is 5.32 Å². The number of amides is 1. The monoisotopic (exact) mass is 313 g/mol. The molecule has 2 aromatic rings. The van der Waals surface area contributed by atoms with Crippen molar-refractivity contribution in [3.05, 3.63) is 64.7 Å². The average Bonchev–Trinajstić information content (AvgIpc) is 2.41. The van der Waals surface area contributed by atoms with E-state index in [4.69, 9.17) is 11.6 Å². The smallest absolute Gasteiger partial charge is 0.324 e. The summed E-state index contributed by atoms with van der Waals surface area (Å²) in [5.74, 6) is -0.345. The molecule has 0 aliphatic rings. The highest BCUT2D eigenvalue weighted by Gasteiger charge is 2.30. The molecule has 1 N–H and O–H groups in total. The molecule has 0 saturated carbocycles. The van der Waals surface area contributed by atoms with Gasteiger partial charge in [0.15, 0.2) is 0 Å². The summed E-state index contributed by atoms with van der Waals surface area (Å²) in [5, 5.41) is 2.35. The van der Waals surface area contributed by atoms with E-state index < -0.39 is 11.7 Å². The van der Waals surface area contributed by atoms with Gasteiger partial charge in [-0.25, -0.2) is 0 Å². The fraction of sp³-hybridized carbons (Fsp3) is 0.133. The second-order valence-electron chi connectivity index (χ2n) is 4.40. The van der Waals surface area contributed by atoms with Gasteiger partial charge in [-0.3, -0.25) is 4.79 Å². The lowest BCUT2D eigenvalue weighted by molar-refractivity contribution is -0.137. The van der Waals surface area contributed by atoms with E-state index in [1.165, 1.54) is 0 Å². The first-order chi connectivity index (χ1) is 9.86. The van der Waals surface area contributed by atoms with Crippen molar-refractivity contribution in [3.63, 3.8) is 0 Å². The van der Waals surface area contributed by atoms with E-state index in [-0.39, 0.29) is 23.0 Å². The molecule has 2 rings (SSSR count). The Kier molecular flexibility index (Phi) is 4.53. The van der Waals surface area contributed by atoms with Crippen LogP contribution in [-0.4, -0.2) is 5.91 Å². The van der Waals surface area contributed by atoms with Crippen molar-refractivity contribution in [1.82, 2.24) is 0 Å². The largest absolute Gasteiger partial charge is 0.416 e. The first-order valence-electron chi connectivity index (χ1n) is 6.07. The maximum absolute atomic E-state index is 12.5. The van der Waals surface area contributed by atoms with Gasteiger partial charge in [0.25, 0.3) is 0 Å². The number of hydrogen-bond acceptors (Lipinski definition) is 1. The van der Waals surface area contributed by atoms with Crippen LogP contribution in [-0.2, 0) is 17.4 Å². The number of carbonyl (C=O) groups is 1. The molecular formula is C15H11ClF3NO. The summed E-state index contributed by atoms with van der Waals surface area (Å²) < 4.78 is 37.5. The zero-order valence-corrected chi connectivity index (χ0v) is 11.5. The Morgan fingerprint density at radius 1 is 1.10 bits per heavy atom. The fourth-order valence-electron chi connectivity index (χ4n) is 1.77. The number of halogens is 4. The number of nitrogens with one attached hydrogen (secondary N) is 1. The predicted octanol–water partition coefficient (Wildman–Crippen LogP) is 4.54. The van der Waals surface area contributed by atoms with Crippen LogP contribution in [0.2, 0.25) is 5.02 Å². The van der Waals surface area contributed by atoms with Crippen molar-refractivity contribution < 1.29 is 18.0 Å². The minimum Gasteiger partial charge on any atom is -0.324 e. The molecule has 0 saturated heterocycles. The van der Waals surface area contributed by atoms with Gasteiger partial charge in [-0.2, -0.15) is 13.2 Å². The quantitative estimate of drug-likeness (QED) is 0.885. The molecule has 0 fully saturated rings. The summed E-state index contributed by atoms with van der Waals surface area (Å²) in [6, 6.07) is 11.8. The Balaban J connectivity index is 2.08. The Hall–Kier alpha value is -2.01. The van der Waals surface area contributed by atoms with Gasteiger partial charge >= 0.3 is 6.18 Å². The fourth-order valence-corrected chi connectivity index (χ4v) is 2.00. The predicted molar refractivity (Wildman–Crippen MR) is 75.2 cm³/mol. The number of alkyl halides is 3. The van der Waals surface area contributed by atoms with Crippen LogP contribution in [0.15, 0.2) is 48.5 Å². The van der Waals surface area contributed by atoms with Gasteiger partial charge in [0.2, 0.25) is 5.91 Å². The molecule has 0 aromatic heterocycles. The lowest BCUT2D eigenvalue weighted by atomic mass is 10.1. The molecule has 0 aliphatic heterocycles. The zero-order chi connectivity index (χ0) is 15.5. The molecule has 0 atom stereocenters. The molecule has 0 aliphatic carbocycles. The summed E-state index contributed by atoms with van der Waals surface area (Å²) in [4.78, 5) is 11.8. The molecule has 1 amide bonds. The van der Waals surface area contributed by atoms with E-state index in [2.05, 4.69) is 5.32 Å². The summed E-state index contributed by atoms with van der Waals surface area (Å²) in [5.41, 5.74) is 0.109. The van der Waals surface area contributed by atoms with E-state index in [1.807, 2.05) is 6.07 Å². The van der Waals surface area contributed by atoms with Crippen molar-refractivity contribution in [2.75, 3.05) is 5.32 Å². The number of carbonyl (C=O) groups excluding carboxylic acids is 1. The lowest BCUT2D eigenvalue weighted by Crippen LogP contribution is -2.15. The molecule has 2 nitrogen and oxygen atoms in total. The van der Waals surface area contributed by atoms with Crippen molar-refractivity contribution in [2.45, 2.75) is 12.6 Å². The van der Waals surface area contributed by atoms with Crippen LogP contribution in [0.4, 0.5) is 18.9 Å². The van der Waals surface area contributed by atoms with Gasteiger partial charge in [-0.05, 0) is 23.8 Å². The lowest BCUT2D eigenvalue weighted by Gasteiger charge is -2.11. The average molecular weight is 314 g/mol. The molecule has 0 bridgehead atoms. The Morgan fingerprint density at radius 3 is 2.33 bits per heavy atom. The van der Waals surface area contributed by atoms with Crippen LogP contribution in [0.1, 0.15) is 11.1 Å². The van der Waals surface area contributed by atoms with Crippen LogP contribution in [0.3, 0.4) is 0 Å². The molecule has 110 valence electrons. The van der Waals surface area contributed by atoms with E-state index in [0.717, 1.165) is 23.8 Å². The molecule has 0 radical (unpaired) electrons. The number of benzene rings is 2. The standard InChI is InChI=1S/C15H11ClF3NO/c16-12-9-11(15(17,18)19)6-7-13(12)20-14(21)8-10-4-2-1-3-5-10/h1-7,9H,8H2,(H,20,21). The summed E-state index contributed by atoms with van der Waals surface area (Å²) in [7, 11) is 0. The van der Waals surface area contributed by atoms with Gasteiger partial charge in [0, 0.05) is 0 Å². The highest BCUT2D eigenvalue weighted by Crippen LogP contribution is 2.33. The van der Waals surface area contributed by atoms with Crippen LogP contribution in [0.25, 0.3) is 0 Å². The summed E-state index contributed by atoms with van der Waals surface area (Å²) >= 11 is 5.77. The van der Waals surface area contributed by atoms with Crippen molar-refractivity contribution in [1.29, 1.82) is 0 Å². The SMILES string of the molecule is O=C(Cc1ccccc1)Nc1ccc(C(F)(F)F)cc1Cl. The minimum absolute atomic E-state index is 0.123. The third-order valence-electron chi connectivity index (χ3n) is 2.78.